The van der Waals surface area contributed by atoms with Crippen molar-refractivity contribution < 1.29 is 19.0 Å². The van der Waals surface area contributed by atoms with Crippen molar-refractivity contribution in [1.29, 1.82) is 0 Å². The minimum Gasteiger partial charge on any atom is -0.497 e. The van der Waals surface area contributed by atoms with Crippen LogP contribution in [0.25, 0.3) is 0 Å². The summed E-state index contributed by atoms with van der Waals surface area (Å²) >= 11 is 0. The Balaban J connectivity index is 1.80. The molecule has 1 unspecified atom stereocenters. The first-order chi connectivity index (χ1) is 10.6. The van der Waals surface area contributed by atoms with E-state index in [1.165, 1.54) is 19.2 Å². The average molecular weight is 310 g/mol. The van der Waals surface area contributed by atoms with Crippen LogP contribution in [0, 0.1) is 11.7 Å². The zero-order valence-electron chi connectivity index (χ0n) is 12.8. The Bertz CT molecular complexity index is 510. The van der Waals surface area contributed by atoms with Gasteiger partial charge in [0, 0.05) is 32.3 Å². The molecule has 2 N–H and O–H groups in total. The van der Waals surface area contributed by atoms with Gasteiger partial charge in [0.1, 0.15) is 11.6 Å². The van der Waals surface area contributed by atoms with E-state index in [0.717, 1.165) is 25.9 Å². The molecule has 0 bridgehead atoms. The summed E-state index contributed by atoms with van der Waals surface area (Å²) in [6, 6.07) is 4.19. The lowest BCUT2D eigenvalue weighted by Crippen LogP contribution is -2.41. The van der Waals surface area contributed by atoms with Gasteiger partial charge in [-0.25, -0.2) is 4.39 Å². The number of hydrogen-bond donors (Lipinski definition) is 2. The van der Waals surface area contributed by atoms with Gasteiger partial charge < -0.3 is 20.1 Å². The fraction of sp³-hybridized carbons (Fsp3) is 0.562. The quantitative estimate of drug-likeness (QED) is 0.831. The molecule has 1 amide bonds. The van der Waals surface area contributed by atoms with Gasteiger partial charge in [-0.05, 0) is 37.4 Å². The summed E-state index contributed by atoms with van der Waals surface area (Å²) < 4.78 is 18.7. The van der Waals surface area contributed by atoms with Gasteiger partial charge in [-0.2, -0.15) is 0 Å². The van der Waals surface area contributed by atoms with E-state index in [-0.39, 0.29) is 12.2 Å². The maximum atomic E-state index is 13.8. The minimum atomic E-state index is -0.588. The number of hydrogen-bond acceptors (Lipinski definition) is 4. The molecule has 6 heteroatoms. The second-order valence-electron chi connectivity index (χ2n) is 5.59. The molecule has 0 aromatic heterocycles. The van der Waals surface area contributed by atoms with Gasteiger partial charge in [0.2, 0.25) is 0 Å². The molecule has 5 nitrogen and oxygen atoms in total. The third-order valence-corrected chi connectivity index (χ3v) is 4.00. The first-order valence-corrected chi connectivity index (χ1v) is 7.59. The summed E-state index contributed by atoms with van der Waals surface area (Å²) in [7, 11) is 1.45. The maximum Gasteiger partial charge on any atom is 0.254 e. The Hall–Kier alpha value is -1.66. The highest BCUT2D eigenvalue weighted by molar-refractivity contribution is 5.94. The fourth-order valence-corrected chi connectivity index (χ4v) is 2.73. The molecule has 1 fully saturated rings. The molecule has 0 saturated carbocycles. The average Bonchev–Trinajstić information content (AvgIpc) is 2.54. The van der Waals surface area contributed by atoms with Crippen molar-refractivity contribution in [2.45, 2.75) is 12.8 Å². The number of carbonyl (C=O) groups is 1. The van der Waals surface area contributed by atoms with Crippen LogP contribution < -0.4 is 10.1 Å². The van der Waals surface area contributed by atoms with Crippen molar-refractivity contribution in [3.8, 4) is 5.75 Å². The number of aliphatic hydroxyl groups excluding tert-OH is 1. The van der Waals surface area contributed by atoms with E-state index in [9.17, 15) is 14.3 Å². The highest BCUT2D eigenvalue weighted by Gasteiger charge is 2.19. The summed E-state index contributed by atoms with van der Waals surface area (Å²) in [4.78, 5) is 14.2. The number of halogens is 1. The van der Waals surface area contributed by atoms with Crippen LogP contribution in [-0.2, 0) is 0 Å². The summed E-state index contributed by atoms with van der Waals surface area (Å²) in [6.45, 7) is 3.20. The van der Waals surface area contributed by atoms with Crippen LogP contribution in [0.3, 0.4) is 0 Å². The first-order valence-electron chi connectivity index (χ1n) is 7.59. The molecule has 1 aromatic carbocycles. The molecule has 1 aromatic rings. The molecule has 1 atom stereocenters. The van der Waals surface area contributed by atoms with E-state index >= 15 is 0 Å². The number of nitrogens with zero attached hydrogens (tertiary/aromatic N) is 1. The van der Waals surface area contributed by atoms with E-state index in [2.05, 4.69) is 10.2 Å². The van der Waals surface area contributed by atoms with Crippen LogP contribution in [0.1, 0.15) is 23.2 Å². The normalized spacial score (nSPS) is 19.0. The third kappa shape index (κ3) is 4.42. The van der Waals surface area contributed by atoms with E-state index in [1.807, 2.05) is 0 Å². The molecule has 22 heavy (non-hydrogen) atoms. The van der Waals surface area contributed by atoms with E-state index in [4.69, 9.17) is 4.74 Å². The largest absolute Gasteiger partial charge is 0.497 e. The number of benzene rings is 1. The van der Waals surface area contributed by atoms with E-state index in [0.29, 0.717) is 24.8 Å². The number of piperidine rings is 1. The molecular formula is C16H23FN2O3. The van der Waals surface area contributed by atoms with Crippen molar-refractivity contribution in [2.75, 3.05) is 39.9 Å². The molecule has 0 aliphatic carbocycles. The lowest BCUT2D eigenvalue weighted by atomic mass is 9.99. The third-order valence-electron chi connectivity index (χ3n) is 4.00. The van der Waals surface area contributed by atoms with Gasteiger partial charge in [-0.15, -0.1) is 0 Å². The Kier molecular flexibility index (Phi) is 6.15. The topological polar surface area (TPSA) is 61.8 Å². The van der Waals surface area contributed by atoms with Gasteiger partial charge in [-0.3, -0.25) is 4.79 Å². The van der Waals surface area contributed by atoms with E-state index < -0.39 is 11.7 Å². The fourth-order valence-electron chi connectivity index (χ4n) is 2.73. The van der Waals surface area contributed by atoms with Crippen LogP contribution in [0.5, 0.6) is 5.75 Å². The molecule has 1 heterocycles. The van der Waals surface area contributed by atoms with Gasteiger partial charge >= 0.3 is 0 Å². The van der Waals surface area contributed by atoms with Gasteiger partial charge in [0.25, 0.3) is 5.91 Å². The molecule has 2 rings (SSSR count). The van der Waals surface area contributed by atoms with Crippen LogP contribution >= 0.6 is 0 Å². The number of ether oxygens (including phenoxy) is 1. The van der Waals surface area contributed by atoms with E-state index in [1.54, 1.807) is 6.07 Å². The summed E-state index contributed by atoms with van der Waals surface area (Å²) in [5.41, 5.74) is 0.0210. The van der Waals surface area contributed by atoms with Crippen LogP contribution in [0.15, 0.2) is 18.2 Å². The Labute approximate surface area is 130 Å². The molecule has 1 aliphatic rings. The Morgan fingerprint density at radius 3 is 3.05 bits per heavy atom. The van der Waals surface area contributed by atoms with Crippen molar-refractivity contribution in [2.24, 2.45) is 5.92 Å². The van der Waals surface area contributed by atoms with Crippen molar-refractivity contribution in [1.82, 2.24) is 10.2 Å². The van der Waals surface area contributed by atoms with Gasteiger partial charge in [0.05, 0.1) is 12.7 Å². The molecule has 1 saturated heterocycles. The summed E-state index contributed by atoms with van der Waals surface area (Å²) in [5.74, 6) is -0.299. The van der Waals surface area contributed by atoms with Crippen LogP contribution in [-0.4, -0.2) is 55.8 Å². The van der Waals surface area contributed by atoms with Crippen molar-refractivity contribution >= 4 is 5.91 Å². The predicted octanol–water partition coefficient (Wildman–Crippen LogP) is 1.27. The van der Waals surface area contributed by atoms with Crippen LogP contribution in [0.4, 0.5) is 4.39 Å². The standard InChI is InChI=1S/C16H23FN2O3/c1-22-13-4-5-14(15(17)9-13)16(21)18-6-8-19-7-2-3-12(10-19)11-20/h4-5,9,12,20H,2-3,6-8,10-11H2,1H3,(H,18,21). The Morgan fingerprint density at radius 1 is 1.55 bits per heavy atom. The zero-order chi connectivity index (χ0) is 15.9. The zero-order valence-corrected chi connectivity index (χ0v) is 12.8. The molecule has 0 radical (unpaired) electrons. The van der Waals surface area contributed by atoms with Gasteiger partial charge in [0.15, 0.2) is 0 Å². The van der Waals surface area contributed by atoms with Crippen molar-refractivity contribution in [3.63, 3.8) is 0 Å². The monoisotopic (exact) mass is 310 g/mol. The second-order valence-corrected chi connectivity index (χ2v) is 5.59. The highest BCUT2D eigenvalue weighted by atomic mass is 19.1. The molecule has 0 spiro atoms. The second kappa shape index (κ2) is 8.10. The first kappa shape index (κ1) is 16.7. The molecular weight excluding hydrogens is 287 g/mol. The SMILES string of the molecule is COc1ccc(C(=O)NCCN2CCCC(CO)C2)c(F)c1. The Morgan fingerprint density at radius 2 is 2.36 bits per heavy atom. The maximum absolute atomic E-state index is 13.8. The molecule has 1 aliphatic heterocycles. The van der Waals surface area contributed by atoms with Gasteiger partial charge in [-0.1, -0.05) is 0 Å². The number of nitrogens with one attached hydrogen (secondary N) is 1. The number of likely N-dealkylation sites (tertiary alicyclic amines) is 1. The molecule has 122 valence electrons. The summed E-state index contributed by atoms with van der Waals surface area (Å²) in [6.07, 6.45) is 2.11. The number of methoxy groups -OCH3 is 1. The predicted molar refractivity (Wildman–Crippen MR) is 81.5 cm³/mol. The number of rotatable bonds is 6. The number of amides is 1. The lowest BCUT2D eigenvalue weighted by Gasteiger charge is -2.31. The lowest BCUT2D eigenvalue weighted by molar-refractivity contribution is 0.0927. The summed E-state index contributed by atoms with van der Waals surface area (Å²) in [5, 5.41) is 11.9. The number of aliphatic hydroxyl groups is 1. The highest BCUT2D eigenvalue weighted by Crippen LogP contribution is 2.16. The van der Waals surface area contributed by atoms with Crippen molar-refractivity contribution in [3.05, 3.63) is 29.6 Å². The minimum absolute atomic E-state index is 0.0210. The van der Waals surface area contributed by atoms with Crippen LogP contribution in [0.2, 0.25) is 0 Å². The number of carbonyl (C=O) groups excluding carboxylic acids is 1. The smallest absolute Gasteiger partial charge is 0.254 e.